The maximum absolute atomic E-state index is 5.89. The van der Waals surface area contributed by atoms with Crippen LogP contribution in [0.3, 0.4) is 0 Å². The lowest BCUT2D eigenvalue weighted by atomic mass is 9.84. The molecule has 0 spiro atoms. The molecule has 102 valence electrons. The van der Waals surface area contributed by atoms with E-state index in [-0.39, 0.29) is 0 Å². The molecular formula is C15H22N4. The maximum Gasteiger partial charge on any atom is 0.203 e. The van der Waals surface area contributed by atoms with Crippen molar-refractivity contribution in [2.75, 3.05) is 11.9 Å². The first-order valence-electron chi connectivity index (χ1n) is 7.17. The van der Waals surface area contributed by atoms with Crippen LogP contribution in [0.25, 0.3) is 11.0 Å². The second-order valence-corrected chi connectivity index (χ2v) is 5.51. The maximum atomic E-state index is 5.89. The Bertz CT molecular complexity index is 560. The minimum atomic E-state index is 0.467. The first kappa shape index (κ1) is 12.5. The molecule has 0 radical (unpaired) electrons. The van der Waals surface area contributed by atoms with E-state index < -0.39 is 0 Å². The van der Waals surface area contributed by atoms with Gasteiger partial charge in [-0.2, -0.15) is 0 Å². The summed E-state index contributed by atoms with van der Waals surface area (Å²) in [6.07, 6.45) is 5.03. The highest BCUT2D eigenvalue weighted by Crippen LogP contribution is 2.27. The second-order valence-electron chi connectivity index (χ2n) is 5.51. The number of nitrogens with one attached hydrogen (secondary N) is 1. The topological polar surface area (TPSA) is 55.9 Å². The molecule has 19 heavy (non-hydrogen) atoms. The average molecular weight is 258 g/mol. The first-order valence-corrected chi connectivity index (χ1v) is 7.17. The molecule has 0 aliphatic heterocycles. The third kappa shape index (κ3) is 2.32. The van der Waals surface area contributed by atoms with Gasteiger partial charge in [-0.1, -0.05) is 25.0 Å². The number of fused-ring (bicyclic) bond motifs is 1. The largest absolute Gasteiger partial charge is 0.353 e. The molecule has 1 aliphatic carbocycles. The molecule has 0 amide bonds. The zero-order valence-corrected chi connectivity index (χ0v) is 11.5. The molecule has 2 aromatic rings. The van der Waals surface area contributed by atoms with Crippen LogP contribution < -0.4 is 11.1 Å². The van der Waals surface area contributed by atoms with Crippen LogP contribution in [0.5, 0.6) is 0 Å². The molecule has 3 N–H and O–H groups in total. The van der Waals surface area contributed by atoms with E-state index in [1.54, 1.807) is 0 Å². The Kier molecular flexibility index (Phi) is 3.42. The highest BCUT2D eigenvalue weighted by Gasteiger charge is 2.25. The normalized spacial score (nSPS) is 23.7. The Balaban J connectivity index is 1.86. The van der Waals surface area contributed by atoms with Gasteiger partial charge in [-0.25, -0.2) is 4.98 Å². The number of hydrogen-bond donors (Lipinski definition) is 2. The van der Waals surface area contributed by atoms with Crippen LogP contribution >= 0.6 is 0 Å². The van der Waals surface area contributed by atoms with Crippen LogP contribution in [0.2, 0.25) is 0 Å². The van der Waals surface area contributed by atoms with E-state index in [1.807, 2.05) is 6.07 Å². The molecule has 1 fully saturated rings. The van der Waals surface area contributed by atoms with Crippen molar-refractivity contribution in [2.24, 2.45) is 18.7 Å². The predicted molar refractivity (Wildman–Crippen MR) is 79.1 cm³/mol. The van der Waals surface area contributed by atoms with Crippen molar-refractivity contribution in [3.8, 4) is 0 Å². The summed E-state index contributed by atoms with van der Waals surface area (Å²) in [5.74, 6) is 1.54. The van der Waals surface area contributed by atoms with Gasteiger partial charge in [-0.05, 0) is 37.4 Å². The standard InChI is InChI=1S/C15H22N4/c1-19-14-9-5-4-8-13(14)18-15(19)17-12-7-3-2-6-11(12)10-16/h4-5,8-9,11-12H,2-3,6-7,10,16H2,1H3,(H,17,18). The lowest BCUT2D eigenvalue weighted by Gasteiger charge is -2.31. The quantitative estimate of drug-likeness (QED) is 0.889. The van der Waals surface area contributed by atoms with Gasteiger partial charge in [0.2, 0.25) is 5.95 Å². The minimum Gasteiger partial charge on any atom is -0.353 e. The van der Waals surface area contributed by atoms with E-state index in [4.69, 9.17) is 5.73 Å². The van der Waals surface area contributed by atoms with Crippen LogP contribution in [-0.4, -0.2) is 22.1 Å². The summed E-state index contributed by atoms with van der Waals surface area (Å²) in [6, 6.07) is 8.71. The van der Waals surface area contributed by atoms with Crippen LogP contribution in [0.15, 0.2) is 24.3 Å². The third-order valence-electron chi connectivity index (χ3n) is 4.31. The van der Waals surface area contributed by atoms with E-state index >= 15 is 0 Å². The third-order valence-corrected chi connectivity index (χ3v) is 4.31. The smallest absolute Gasteiger partial charge is 0.203 e. The number of aryl methyl sites for hydroxylation is 1. The van der Waals surface area contributed by atoms with Gasteiger partial charge in [0, 0.05) is 13.1 Å². The van der Waals surface area contributed by atoms with Crippen molar-refractivity contribution in [3.63, 3.8) is 0 Å². The highest BCUT2D eigenvalue weighted by molar-refractivity contribution is 5.78. The fourth-order valence-corrected chi connectivity index (χ4v) is 3.12. The van der Waals surface area contributed by atoms with Gasteiger partial charge >= 0.3 is 0 Å². The summed E-state index contributed by atoms with van der Waals surface area (Å²) in [5, 5.41) is 3.61. The number of nitrogens with zero attached hydrogens (tertiary/aromatic N) is 2. The Hall–Kier alpha value is -1.55. The summed E-state index contributed by atoms with van der Waals surface area (Å²) < 4.78 is 2.14. The van der Waals surface area contributed by atoms with Gasteiger partial charge in [0.15, 0.2) is 0 Å². The Morgan fingerprint density at radius 2 is 2.11 bits per heavy atom. The molecule has 1 aromatic carbocycles. The summed E-state index contributed by atoms with van der Waals surface area (Å²) in [4.78, 5) is 4.69. The number of hydrogen-bond acceptors (Lipinski definition) is 3. The molecule has 0 saturated heterocycles. The van der Waals surface area contributed by atoms with Gasteiger partial charge in [0.25, 0.3) is 0 Å². The molecular weight excluding hydrogens is 236 g/mol. The van der Waals surface area contributed by atoms with Gasteiger partial charge in [0.05, 0.1) is 11.0 Å². The zero-order chi connectivity index (χ0) is 13.2. The van der Waals surface area contributed by atoms with Crippen LogP contribution in [-0.2, 0) is 7.05 Å². The molecule has 0 bridgehead atoms. The number of para-hydroxylation sites is 2. The molecule has 2 unspecified atom stereocenters. The number of nitrogens with two attached hydrogens (primary N) is 1. The van der Waals surface area contributed by atoms with Crippen LogP contribution in [0.1, 0.15) is 25.7 Å². The molecule has 4 heteroatoms. The summed E-state index contributed by atoms with van der Waals surface area (Å²) >= 11 is 0. The Morgan fingerprint density at radius 3 is 2.89 bits per heavy atom. The lowest BCUT2D eigenvalue weighted by Crippen LogP contribution is -2.37. The molecule has 2 atom stereocenters. The molecule has 1 saturated carbocycles. The van der Waals surface area contributed by atoms with Crippen molar-refractivity contribution in [2.45, 2.75) is 31.7 Å². The van der Waals surface area contributed by atoms with Gasteiger partial charge in [0.1, 0.15) is 0 Å². The second kappa shape index (κ2) is 5.21. The fourth-order valence-electron chi connectivity index (χ4n) is 3.12. The number of benzene rings is 1. The SMILES string of the molecule is Cn1c(NC2CCCCC2CN)nc2ccccc21. The average Bonchev–Trinajstić information content (AvgIpc) is 2.77. The zero-order valence-electron chi connectivity index (χ0n) is 11.5. The van der Waals surface area contributed by atoms with E-state index in [0.717, 1.165) is 18.0 Å². The van der Waals surface area contributed by atoms with Crippen molar-refractivity contribution in [1.82, 2.24) is 9.55 Å². The van der Waals surface area contributed by atoms with E-state index in [9.17, 15) is 0 Å². The Labute approximate surface area is 114 Å². The number of rotatable bonds is 3. The summed E-state index contributed by atoms with van der Waals surface area (Å²) in [5.41, 5.74) is 8.11. The first-order chi connectivity index (χ1) is 9.29. The van der Waals surface area contributed by atoms with E-state index in [2.05, 4.69) is 40.1 Å². The Morgan fingerprint density at radius 1 is 1.32 bits per heavy atom. The summed E-state index contributed by atoms with van der Waals surface area (Å²) in [6.45, 7) is 0.765. The summed E-state index contributed by atoms with van der Waals surface area (Å²) in [7, 11) is 2.07. The fraction of sp³-hybridized carbons (Fsp3) is 0.533. The van der Waals surface area contributed by atoms with Gasteiger partial charge in [-0.15, -0.1) is 0 Å². The van der Waals surface area contributed by atoms with Crippen molar-refractivity contribution < 1.29 is 0 Å². The lowest BCUT2D eigenvalue weighted by molar-refractivity contribution is 0.331. The van der Waals surface area contributed by atoms with E-state index in [0.29, 0.717) is 12.0 Å². The predicted octanol–water partition coefficient (Wildman–Crippen LogP) is 2.50. The molecule has 1 heterocycles. The molecule has 1 aliphatic rings. The molecule has 4 nitrogen and oxygen atoms in total. The van der Waals surface area contributed by atoms with Crippen molar-refractivity contribution in [1.29, 1.82) is 0 Å². The number of aromatic nitrogens is 2. The van der Waals surface area contributed by atoms with E-state index in [1.165, 1.54) is 31.2 Å². The van der Waals surface area contributed by atoms with Gasteiger partial charge in [-0.3, -0.25) is 0 Å². The van der Waals surface area contributed by atoms with Gasteiger partial charge < -0.3 is 15.6 Å². The molecule has 1 aromatic heterocycles. The van der Waals surface area contributed by atoms with Crippen molar-refractivity contribution >= 4 is 17.0 Å². The highest BCUT2D eigenvalue weighted by atomic mass is 15.2. The molecule has 3 rings (SSSR count). The van der Waals surface area contributed by atoms with Crippen LogP contribution in [0, 0.1) is 5.92 Å². The van der Waals surface area contributed by atoms with Crippen LogP contribution in [0.4, 0.5) is 5.95 Å². The minimum absolute atomic E-state index is 0.467. The monoisotopic (exact) mass is 258 g/mol. The van der Waals surface area contributed by atoms with Crippen molar-refractivity contribution in [3.05, 3.63) is 24.3 Å². The number of anilines is 1. The number of imidazole rings is 1.